The van der Waals surface area contributed by atoms with Gasteiger partial charge in [-0.3, -0.25) is 0 Å². The predicted molar refractivity (Wildman–Crippen MR) is 87.4 cm³/mol. The minimum absolute atomic E-state index is 0.187. The van der Waals surface area contributed by atoms with Gasteiger partial charge in [0, 0.05) is 12.0 Å². The van der Waals surface area contributed by atoms with Crippen molar-refractivity contribution in [3.63, 3.8) is 0 Å². The van der Waals surface area contributed by atoms with Crippen LogP contribution >= 0.6 is 0 Å². The third-order valence-electron chi connectivity index (χ3n) is 5.70. The van der Waals surface area contributed by atoms with Gasteiger partial charge in [0.15, 0.2) is 0 Å². The first kappa shape index (κ1) is 15.1. The Morgan fingerprint density at radius 3 is 2.48 bits per heavy atom. The van der Waals surface area contributed by atoms with Gasteiger partial charge in [0.2, 0.25) is 0 Å². The number of rotatable bonds is 1. The van der Waals surface area contributed by atoms with Crippen LogP contribution in [0.25, 0.3) is 0 Å². The lowest BCUT2D eigenvalue weighted by Crippen LogP contribution is -2.43. The molecule has 0 bridgehead atoms. The van der Waals surface area contributed by atoms with Crippen LogP contribution in [0, 0.1) is 24.2 Å². The van der Waals surface area contributed by atoms with Crippen LogP contribution in [0.2, 0.25) is 0 Å². The smallest absolute Gasteiger partial charge is 0.0612 e. The van der Waals surface area contributed by atoms with Crippen molar-refractivity contribution in [1.29, 1.82) is 0 Å². The molecule has 0 amide bonds. The molecule has 0 spiro atoms. The molecule has 1 aliphatic carbocycles. The summed E-state index contributed by atoms with van der Waals surface area (Å²) in [7, 11) is 0. The Bertz CT molecular complexity index is 505. The highest BCUT2D eigenvalue weighted by Gasteiger charge is 2.49. The molecule has 3 rings (SSSR count). The summed E-state index contributed by atoms with van der Waals surface area (Å²) in [6.45, 7) is 10.2. The van der Waals surface area contributed by atoms with E-state index >= 15 is 0 Å². The molecular formula is C19H29NO. The second kappa shape index (κ2) is 5.40. The Kier molecular flexibility index (Phi) is 3.87. The summed E-state index contributed by atoms with van der Waals surface area (Å²) >= 11 is 0. The van der Waals surface area contributed by atoms with Crippen LogP contribution in [0.3, 0.4) is 0 Å². The van der Waals surface area contributed by atoms with E-state index in [9.17, 15) is 5.11 Å². The molecule has 21 heavy (non-hydrogen) atoms. The van der Waals surface area contributed by atoms with Crippen molar-refractivity contribution in [2.75, 3.05) is 6.54 Å². The van der Waals surface area contributed by atoms with Crippen molar-refractivity contribution in [3.05, 3.63) is 35.4 Å². The van der Waals surface area contributed by atoms with Crippen LogP contribution in [0.15, 0.2) is 24.3 Å². The fraction of sp³-hybridized carbons (Fsp3) is 0.684. The summed E-state index contributed by atoms with van der Waals surface area (Å²) in [5, 5.41) is 14.4. The highest BCUT2D eigenvalue weighted by molar-refractivity contribution is 5.32. The molecule has 2 N–H and O–H groups in total. The van der Waals surface area contributed by atoms with Crippen molar-refractivity contribution in [2.45, 2.75) is 58.6 Å². The summed E-state index contributed by atoms with van der Waals surface area (Å²) in [5.74, 6) is 1.56. The van der Waals surface area contributed by atoms with Crippen LogP contribution in [-0.4, -0.2) is 23.8 Å². The average Bonchev–Trinajstić information content (AvgIpc) is 2.84. The van der Waals surface area contributed by atoms with Gasteiger partial charge >= 0.3 is 0 Å². The zero-order chi connectivity index (χ0) is 15.2. The second-order valence-corrected chi connectivity index (χ2v) is 8.11. The Labute approximate surface area is 129 Å². The maximum atomic E-state index is 10.7. The van der Waals surface area contributed by atoms with Crippen LogP contribution in [0.4, 0.5) is 0 Å². The number of aryl methyl sites for hydroxylation is 1. The van der Waals surface area contributed by atoms with E-state index in [0.717, 1.165) is 19.4 Å². The maximum Gasteiger partial charge on any atom is 0.0612 e. The number of fused-ring (bicyclic) bond motifs is 1. The molecule has 2 fully saturated rings. The molecule has 116 valence electrons. The molecule has 1 heterocycles. The Morgan fingerprint density at radius 1 is 1.10 bits per heavy atom. The number of hydrogen-bond donors (Lipinski definition) is 2. The fourth-order valence-electron chi connectivity index (χ4n) is 4.76. The standard InChI is InChI=1S/C19H29NO/c1-12-7-5-6-8-13(12)17-15-11-20-18(19(2,3)4)14(15)9-10-16(17)21/h5-8,14-18,20-21H,9-11H2,1-4H3/t14-,15+,16-,17-,18?/m0/s1. The molecule has 0 radical (unpaired) electrons. The van der Waals surface area contributed by atoms with Gasteiger partial charge in [-0.2, -0.15) is 0 Å². The molecule has 5 atom stereocenters. The third kappa shape index (κ3) is 2.64. The van der Waals surface area contributed by atoms with Crippen molar-refractivity contribution in [1.82, 2.24) is 5.32 Å². The number of aliphatic hydroxyl groups excluding tert-OH is 1. The van der Waals surface area contributed by atoms with E-state index in [1.54, 1.807) is 0 Å². The van der Waals surface area contributed by atoms with Crippen molar-refractivity contribution in [2.24, 2.45) is 17.3 Å². The number of aliphatic hydroxyl groups is 1. The molecule has 2 aliphatic rings. The highest BCUT2D eigenvalue weighted by atomic mass is 16.3. The van der Waals surface area contributed by atoms with Gasteiger partial charge in [-0.1, -0.05) is 45.0 Å². The molecule has 2 heteroatoms. The fourth-order valence-corrected chi connectivity index (χ4v) is 4.76. The van der Waals surface area contributed by atoms with E-state index < -0.39 is 0 Å². The van der Waals surface area contributed by atoms with Gasteiger partial charge in [0.05, 0.1) is 6.10 Å². The topological polar surface area (TPSA) is 32.3 Å². The first-order chi connectivity index (χ1) is 9.89. The highest BCUT2D eigenvalue weighted by Crippen LogP contribution is 2.49. The van der Waals surface area contributed by atoms with Crippen LogP contribution in [0.5, 0.6) is 0 Å². The summed E-state index contributed by atoms with van der Waals surface area (Å²) < 4.78 is 0. The Balaban J connectivity index is 1.93. The Hall–Kier alpha value is -0.860. The van der Waals surface area contributed by atoms with Crippen molar-refractivity contribution < 1.29 is 5.11 Å². The molecule has 1 unspecified atom stereocenters. The molecule has 0 aromatic heterocycles. The molecular weight excluding hydrogens is 258 g/mol. The van der Waals surface area contributed by atoms with Gasteiger partial charge in [0.1, 0.15) is 0 Å². The summed E-state index contributed by atoms with van der Waals surface area (Å²) in [6.07, 6.45) is 1.91. The Morgan fingerprint density at radius 2 is 1.81 bits per heavy atom. The number of nitrogens with one attached hydrogen (secondary N) is 1. The molecule has 1 saturated carbocycles. The normalized spacial score (nSPS) is 36.5. The largest absolute Gasteiger partial charge is 0.392 e. The molecule has 1 aromatic carbocycles. The first-order valence-electron chi connectivity index (χ1n) is 8.36. The maximum absolute atomic E-state index is 10.7. The van der Waals surface area contributed by atoms with Crippen LogP contribution in [0.1, 0.15) is 50.7 Å². The zero-order valence-electron chi connectivity index (χ0n) is 13.8. The van der Waals surface area contributed by atoms with Gasteiger partial charge in [-0.05, 0) is 54.7 Å². The van der Waals surface area contributed by atoms with E-state index in [-0.39, 0.29) is 11.5 Å². The van der Waals surface area contributed by atoms with Gasteiger partial charge in [-0.15, -0.1) is 0 Å². The van der Waals surface area contributed by atoms with Gasteiger partial charge < -0.3 is 10.4 Å². The molecule has 2 nitrogen and oxygen atoms in total. The lowest BCUT2D eigenvalue weighted by Gasteiger charge is -2.42. The minimum Gasteiger partial charge on any atom is -0.392 e. The van der Waals surface area contributed by atoms with Gasteiger partial charge in [0.25, 0.3) is 0 Å². The molecule has 1 saturated heterocycles. The predicted octanol–water partition coefficient (Wildman–Crippen LogP) is 3.48. The van der Waals surface area contributed by atoms with Crippen LogP contribution in [-0.2, 0) is 0 Å². The molecule has 1 aromatic rings. The van der Waals surface area contributed by atoms with E-state index in [0.29, 0.717) is 23.8 Å². The monoisotopic (exact) mass is 287 g/mol. The summed E-state index contributed by atoms with van der Waals surface area (Å²) in [5.41, 5.74) is 2.97. The van der Waals surface area contributed by atoms with Gasteiger partial charge in [-0.25, -0.2) is 0 Å². The summed E-state index contributed by atoms with van der Waals surface area (Å²) in [6, 6.07) is 9.17. The minimum atomic E-state index is -0.187. The lowest BCUT2D eigenvalue weighted by molar-refractivity contribution is 0.0435. The van der Waals surface area contributed by atoms with E-state index in [1.165, 1.54) is 11.1 Å². The number of benzene rings is 1. The van der Waals surface area contributed by atoms with Crippen molar-refractivity contribution in [3.8, 4) is 0 Å². The first-order valence-corrected chi connectivity index (χ1v) is 8.36. The lowest BCUT2D eigenvalue weighted by atomic mass is 9.64. The zero-order valence-corrected chi connectivity index (χ0v) is 13.8. The molecule has 1 aliphatic heterocycles. The van der Waals surface area contributed by atoms with Crippen LogP contribution < -0.4 is 5.32 Å². The van der Waals surface area contributed by atoms with E-state index in [4.69, 9.17) is 0 Å². The van der Waals surface area contributed by atoms with Crippen molar-refractivity contribution >= 4 is 0 Å². The number of hydrogen-bond acceptors (Lipinski definition) is 2. The quantitative estimate of drug-likeness (QED) is 0.829. The van der Waals surface area contributed by atoms with E-state index in [2.05, 4.69) is 57.3 Å². The second-order valence-electron chi connectivity index (χ2n) is 8.11. The SMILES string of the molecule is Cc1ccccc1[C@H]1[C@@H]2CNC(C(C)(C)C)[C@H]2CC[C@@H]1O. The third-order valence-corrected chi connectivity index (χ3v) is 5.70. The summed E-state index contributed by atoms with van der Waals surface area (Å²) in [4.78, 5) is 0. The average molecular weight is 287 g/mol. The van der Waals surface area contributed by atoms with E-state index in [1.807, 2.05) is 0 Å².